The number of hydrogen-bond acceptors (Lipinski definition) is 3. The summed E-state index contributed by atoms with van der Waals surface area (Å²) >= 11 is 0. The quantitative estimate of drug-likeness (QED) is 0.777. The molecule has 1 saturated heterocycles. The molecule has 0 atom stereocenters. The third-order valence-corrected chi connectivity index (χ3v) is 3.28. The number of nitrogens with one attached hydrogen (secondary N) is 1. The average Bonchev–Trinajstić information content (AvgIpc) is 2.60. The van der Waals surface area contributed by atoms with Gasteiger partial charge < -0.3 is 10.1 Å². The van der Waals surface area contributed by atoms with Gasteiger partial charge in [-0.1, -0.05) is 6.07 Å². The van der Waals surface area contributed by atoms with Crippen LogP contribution in [0.3, 0.4) is 0 Å². The summed E-state index contributed by atoms with van der Waals surface area (Å²) in [5.74, 6) is 0. The number of halogens is 2. The summed E-state index contributed by atoms with van der Waals surface area (Å²) in [7, 11) is 0. The number of pyridine rings is 1. The Morgan fingerprint density at radius 1 is 1.25 bits per heavy atom. The van der Waals surface area contributed by atoms with Crippen LogP contribution in [0.4, 0.5) is 0 Å². The first-order valence-electron chi connectivity index (χ1n) is 5.20. The van der Waals surface area contributed by atoms with Crippen LogP contribution in [0.1, 0.15) is 24.1 Å². The van der Waals surface area contributed by atoms with Gasteiger partial charge in [-0.3, -0.25) is 4.98 Å². The zero-order valence-electron chi connectivity index (χ0n) is 8.94. The first kappa shape index (κ1) is 13.7. The molecule has 0 radical (unpaired) electrons. The van der Waals surface area contributed by atoms with Crippen LogP contribution in [0.15, 0.2) is 18.3 Å². The predicted molar refractivity (Wildman–Crippen MR) is 67.3 cm³/mol. The van der Waals surface area contributed by atoms with Crippen LogP contribution in [-0.2, 0) is 16.9 Å². The average molecular weight is 263 g/mol. The van der Waals surface area contributed by atoms with Gasteiger partial charge in [0.1, 0.15) is 0 Å². The fourth-order valence-corrected chi connectivity index (χ4v) is 2.50. The van der Waals surface area contributed by atoms with Gasteiger partial charge in [0.2, 0.25) is 0 Å². The van der Waals surface area contributed by atoms with E-state index in [2.05, 4.69) is 16.4 Å². The monoisotopic (exact) mass is 262 g/mol. The Morgan fingerprint density at radius 2 is 2.00 bits per heavy atom. The van der Waals surface area contributed by atoms with E-state index in [-0.39, 0.29) is 30.4 Å². The Kier molecular flexibility index (Phi) is 4.56. The van der Waals surface area contributed by atoms with E-state index in [4.69, 9.17) is 4.74 Å². The van der Waals surface area contributed by atoms with Crippen molar-refractivity contribution < 1.29 is 4.74 Å². The maximum absolute atomic E-state index is 5.95. The molecule has 1 N–H and O–H groups in total. The molecular formula is C11H16Cl2N2O. The molecule has 1 spiro atoms. The lowest BCUT2D eigenvalue weighted by Crippen LogP contribution is -2.39. The Bertz CT molecular complexity index is 348. The van der Waals surface area contributed by atoms with E-state index in [1.807, 2.05) is 12.3 Å². The highest BCUT2D eigenvalue weighted by atomic mass is 35.5. The van der Waals surface area contributed by atoms with Crippen LogP contribution in [-0.4, -0.2) is 18.1 Å². The molecular weight excluding hydrogens is 247 g/mol. The second-order valence-electron chi connectivity index (χ2n) is 4.03. The molecule has 2 aliphatic heterocycles. The summed E-state index contributed by atoms with van der Waals surface area (Å²) in [6.07, 6.45) is 4.00. The van der Waals surface area contributed by atoms with Gasteiger partial charge in [-0.15, -0.1) is 24.8 Å². The zero-order valence-corrected chi connectivity index (χ0v) is 10.6. The number of aromatic nitrogens is 1. The maximum atomic E-state index is 5.95. The number of piperidine rings is 1. The van der Waals surface area contributed by atoms with Gasteiger partial charge in [0.25, 0.3) is 0 Å². The molecule has 3 heterocycles. The van der Waals surface area contributed by atoms with Gasteiger partial charge in [0, 0.05) is 11.8 Å². The predicted octanol–water partition coefficient (Wildman–Crippen LogP) is 2.03. The van der Waals surface area contributed by atoms with Crippen molar-refractivity contribution in [2.75, 3.05) is 13.1 Å². The van der Waals surface area contributed by atoms with E-state index in [1.165, 1.54) is 5.56 Å². The van der Waals surface area contributed by atoms with Gasteiger partial charge >= 0.3 is 0 Å². The van der Waals surface area contributed by atoms with Crippen LogP contribution in [0.25, 0.3) is 0 Å². The fourth-order valence-electron chi connectivity index (χ4n) is 2.50. The van der Waals surface area contributed by atoms with Crippen LogP contribution < -0.4 is 5.32 Å². The van der Waals surface area contributed by atoms with Crippen LogP contribution in [0.5, 0.6) is 0 Å². The second kappa shape index (κ2) is 5.32. The molecule has 0 saturated carbocycles. The topological polar surface area (TPSA) is 34.2 Å². The van der Waals surface area contributed by atoms with Gasteiger partial charge in [0.15, 0.2) is 0 Å². The summed E-state index contributed by atoms with van der Waals surface area (Å²) in [5, 5.41) is 3.37. The van der Waals surface area contributed by atoms with Crippen molar-refractivity contribution >= 4 is 24.8 Å². The van der Waals surface area contributed by atoms with Crippen molar-refractivity contribution in [1.29, 1.82) is 0 Å². The molecule has 3 nitrogen and oxygen atoms in total. The number of rotatable bonds is 0. The standard InChI is InChI=1S/C11H14N2O.2ClH/c1-2-9-10(13-5-1)8-14-11(9)3-6-12-7-4-11;;/h1-2,5,12H,3-4,6-8H2;2*1H. The van der Waals surface area contributed by atoms with Crippen LogP contribution in [0, 0.1) is 0 Å². The van der Waals surface area contributed by atoms with Gasteiger partial charge in [-0.05, 0) is 32.0 Å². The summed E-state index contributed by atoms with van der Waals surface area (Å²) in [6, 6.07) is 4.18. The summed E-state index contributed by atoms with van der Waals surface area (Å²) in [6.45, 7) is 2.79. The molecule has 16 heavy (non-hydrogen) atoms. The SMILES string of the molecule is Cl.Cl.c1cnc2c(c1)C1(CCNCC1)OC2. The van der Waals surface area contributed by atoms with Gasteiger partial charge in [-0.25, -0.2) is 0 Å². The van der Waals surface area contributed by atoms with Crippen LogP contribution >= 0.6 is 24.8 Å². The number of nitrogens with zero attached hydrogens (tertiary/aromatic N) is 1. The van der Waals surface area contributed by atoms with Crippen molar-refractivity contribution in [1.82, 2.24) is 10.3 Å². The minimum absolute atomic E-state index is 0. The van der Waals surface area contributed by atoms with E-state index in [0.717, 1.165) is 31.6 Å². The Labute approximate surface area is 108 Å². The van der Waals surface area contributed by atoms with E-state index in [9.17, 15) is 0 Å². The fraction of sp³-hybridized carbons (Fsp3) is 0.545. The highest BCUT2D eigenvalue weighted by Crippen LogP contribution is 2.41. The van der Waals surface area contributed by atoms with E-state index in [1.54, 1.807) is 0 Å². The van der Waals surface area contributed by atoms with Gasteiger partial charge in [0.05, 0.1) is 17.9 Å². The lowest BCUT2D eigenvalue weighted by atomic mass is 9.86. The Balaban J connectivity index is 0.000000640. The number of ether oxygens (including phenoxy) is 1. The molecule has 1 aromatic heterocycles. The lowest BCUT2D eigenvalue weighted by molar-refractivity contribution is -0.0593. The summed E-state index contributed by atoms with van der Waals surface area (Å²) in [4.78, 5) is 4.36. The molecule has 5 heteroatoms. The molecule has 1 aromatic rings. The first-order chi connectivity index (χ1) is 6.91. The molecule has 0 unspecified atom stereocenters. The lowest BCUT2D eigenvalue weighted by Gasteiger charge is -2.33. The Morgan fingerprint density at radius 3 is 2.75 bits per heavy atom. The number of hydrogen-bond donors (Lipinski definition) is 1. The van der Waals surface area contributed by atoms with Crippen molar-refractivity contribution in [2.45, 2.75) is 25.0 Å². The third-order valence-electron chi connectivity index (χ3n) is 3.28. The maximum Gasteiger partial charge on any atom is 0.0979 e. The normalized spacial score (nSPS) is 20.8. The van der Waals surface area contributed by atoms with E-state index < -0.39 is 0 Å². The largest absolute Gasteiger partial charge is 0.364 e. The highest BCUT2D eigenvalue weighted by molar-refractivity contribution is 5.85. The van der Waals surface area contributed by atoms with E-state index >= 15 is 0 Å². The Hall–Kier alpha value is -0.350. The minimum Gasteiger partial charge on any atom is -0.364 e. The number of fused-ring (bicyclic) bond motifs is 2. The molecule has 0 amide bonds. The molecule has 2 aliphatic rings. The highest BCUT2D eigenvalue weighted by Gasteiger charge is 2.41. The van der Waals surface area contributed by atoms with E-state index in [0.29, 0.717) is 6.61 Å². The van der Waals surface area contributed by atoms with Crippen LogP contribution in [0.2, 0.25) is 0 Å². The van der Waals surface area contributed by atoms with Crippen molar-refractivity contribution in [3.63, 3.8) is 0 Å². The van der Waals surface area contributed by atoms with Crippen molar-refractivity contribution in [3.05, 3.63) is 29.6 Å². The molecule has 0 bridgehead atoms. The zero-order chi connectivity index (χ0) is 9.43. The molecule has 3 rings (SSSR count). The second-order valence-corrected chi connectivity index (χ2v) is 4.03. The van der Waals surface area contributed by atoms with Crippen molar-refractivity contribution in [3.8, 4) is 0 Å². The smallest absolute Gasteiger partial charge is 0.0979 e. The molecule has 1 fully saturated rings. The first-order valence-corrected chi connectivity index (χ1v) is 5.20. The third kappa shape index (κ3) is 2.05. The van der Waals surface area contributed by atoms with Gasteiger partial charge in [-0.2, -0.15) is 0 Å². The minimum atomic E-state index is -0.0190. The van der Waals surface area contributed by atoms with Crippen molar-refractivity contribution in [2.24, 2.45) is 0 Å². The molecule has 0 aromatic carbocycles. The summed E-state index contributed by atoms with van der Waals surface area (Å²) < 4.78 is 5.95. The molecule has 0 aliphatic carbocycles. The summed E-state index contributed by atoms with van der Waals surface area (Å²) in [5.41, 5.74) is 2.44. The molecule has 90 valence electrons.